The second kappa shape index (κ2) is 5.49. The highest BCUT2D eigenvalue weighted by Crippen LogP contribution is 2.23. The maximum absolute atomic E-state index is 3.57. The lowest BCUT2D eigenvalue weighted by Crippen LogP contribution is -2.39. The number of hydrogen-bond acceptors (Lipinski definition) is 1. The van der Waals surface area contributed by atoms with Crippen molar-refractivity contribution in [3.05, 3.63) is 35.9 Å². The van der Waals surface area contributed by atoms with Gasteiger partial charge >= 0.3 is 0 Å². The summed E-state index contributed by atoms with van der Waals surface area (Å²) >= 11 is 0. The highest BCUT2D eigenvalue weighted by molar-refractivity contribution is 5.19. The number of hydrogen-bond donors (Lipinski definition) is 1. The summed E-state index contributed by atoms with van der Waals surface area (Å²) in [5.74, 6) is 1.26. The topological polar surface area (TPSA) is 12.0 Å². The minimum Gasteiger partial charge on any atom is -0.312 e. The molecule has 2 atom stereocenters. The first-order chi connectivity index (χ1) is 7.40. The van der Waals surface area contributed by atoms with Gasteiger partial charge in [0.2, 0.25) is 0 Å². The van der Waals surface area contributed by atoms with Crippen molar-refractivity contribution in [3.63, 3.8) is 0 Å². The molecule has 1 aromatic rings. The molecule has 0 aromatic heterocycles. The number of rotatable bonds is 4. The first-order valence-corrected chi connectivity index (χ1v) is 6.20. The van der Waals surface area contributed by atoms with Crippen molar-refractivity contribution in [2.75, 3.05) is 6.54 Å². The predicted octanol–water partition coefficient (Wildman–Crippen LogP) is 3.81. The van der Waals surface area contributed by atoms with Crippen LogP contribution in [-0.2, 0) is 0 Å². The normalized spacial score (nSPS) is 15.8. The molecule has 0 bridgehead atoms. The number of benzene rings is 1. The van der Waals surface area contributed by atoms with Gasteiger partial charge in [0.1, 0.15) is 0 Å². The van der Waals surface area contributed by atoms with Gasteiger partial charge in [0, 0.05) is 5.54 Å². The lowest BCUT2D eigenvalue weighted by molar-refractivity contribution is 0.359. The van der Waals surface area contributed by atoms with E-state index in [1.54, 1.807) is 0 Å². The van der Waals surface area contributed by atoms with Gasteiger partial charge in [0.25, 0.3) is 0 Å². The largest absolute Gasteiger partial charge is 0.312 e. The summed E-state index contributed by atoms with van der Waals surface area (Å²) in [5.41, 5.74) is 1.65. The molecule has 90 valence electrons. The highest BCUT2D eigenvalue weighted by Gasteiger charge is 2.16. The molecule has 0 saturated carbocycles. The highest BCUT2D eigenvalue weighted by atomic mass is 14.9. The summed E-state index contributed by atoms with van der Waals surface area (Å²) in [6.45, 7) is 12.3. The third-order valence-corrected chi connectivity index (χ3v) is 3.13. The zero-order valence-electron chi connectivity index (χ0n) is 11.2. The molecule has 2 unspecified atom stereocenters. The fourth-order valence-electron chi connectivity index (χ4n) is 1.73. The van der Waals surface area contributed by atoms with Crippen molar-refractivity contribution in [1.29, 1.82) is 0 Å². The molecular formula is C15H25N. The van der Waals surface area contributed by atoms with Crippen molar-refractivity contribution >= 4 is 0 Å². The standard InChI is InChI=1S/C15H25N/c1-12(11-16-15(3,4)5)13(2)14-9-7-6-8-10-14/h6-10,12-13,16H,11H2,1-5H3. The Morgan fingerprint density at radius 2 is 1.62 bits per heavy atom. The second-order valence-electron chi connectivity index (χ2n) is 5.81. The van der Waals surface area contributed by atoms with E-state index in [2.05, 4.69) is 70.3 Å². The van der Waals surface area contributed by atoms with Crippen LogP contribution in [-0.4, -0.2) is 12.1 Å². The van der Waals surface area contributed by atoms with Gasteiger partial charge in [-0.2, -0.15) is 0 Å². The fraction of sp³-hybridized carbons (Fsp3) is 0.600. The van der Waals surface area contributed by atoms with Crippen LogP contribution in [0.3, 0.4) is 0 Å². The number of nitrogens with one attached hydrogen (secondary N) is 1. The Hall–Kier alpha value is -0.820. The van der Waals surface area contributed by atoms with Crippen molar-refractivity contribution in [2.45, 2.75) is 46.1 Å². The Kier molecular flexibility index (Phi) is 4.55. The summed E-state index contributed by atoms with van der Waals surface area (Å²) < 4.78 is 0. The summed E-state index contributed by atoms with van der Waals surface area (Å²) in [5, 5.41) is 3.57. The van der Waals surface area contributed by atoms with E-state index in [-0.39, 0.29) is 5.54 Å². The van der Waals surface area contributed by atoms with Crippen molar-refractivity contribution in [2.24, 2.45) is 5.92 Å². The third kappa shape index (κ3) is 4.36. The monoisotopic (exact) mass is 219 g/mol. The molecule has 0 heterocycles. The molecule has 1 nitrogen and oxygen atoms in total. The molecule has 0 aliphatic carbocycles. The molecule has 16 heavy (non-hydrogen) atoms. The SMILES string of the molecule is CC(CNC(C)(C)C)C(C)c1ccccc1. The molecule has 0 saturated heterocycles. The molecule has 1 N–H and O–H groups in total. The van der Waals surface area contributed by atoms with Crippen LogP contribution in [0.2, 0.25) is 0 Å². The van der Waals surface area contributed by atoms with E-state index in [4.69, 9.17) is 0 Å². The van der Waals surface area contributed by atoms with Crippen LogP contribution in [0.4, 0.5) is 0 Å². The molecule has 0 radical (unpaired) electrons. The molecule has 1 aromatic carbocycles. The van der Waals surface area contributed by atoms with E-state index in [0.717, 1.165) is 6.54 Å². The molecular weight excluding hydrogens is 194 g/mol. The summed E-state index contributed by atoms with van der Waals surface area (Å²) in [6.07, 6.45) is 0. The lowest BCUT2D eigenvalue weighted by atomic mass is 9.88. The van der Waals surface area contributed by atoms with Gasteiger partial charge in [-0.3, -0.25) is 0 Å². The van der Waals surface area contributed by atoms with Crippen molar-refractivity contribution in [1.82, 2.24) is 5.32 Å². The van der Waals surface area contributed by atoms with Crippen molar-refractivity contribution < 1.29 is 0 Å². The first-order valence-electron chi connectivity index (χ1n) is 6.20. The molecule has 0 aliphatic heterocycles. The molecule has 0 aliphatic rings. The zero-order valence-corrected chi connectivity index (χ0v) is 11.2. The second-order valence-corrected chi connectivity index (χ2v) is 5.81. The molecule has 0 amide bonds. The maximum atomic E-state index is 3.57. The Balaban J connectivity index is 2.52. The van der Waals surface area contributed by atoms with E-state index in [9.17, 15) is 0 Å². The predicted molar refractivity (Wildman–Crippen MR) is 71.8 cm³/mol. The van der Waals surface area contributed by atoms with Crippen LogP contribution in [0.15, 0.2) is 30.3 Å². The third-order valence-electron chi connectivity index (χ3n) is 3.13. The van der Waals surface area contributed by atoms with Crippen LogP contribution in [0, 0.1) is 5.92 Å². The van der Waals surface area contributed by atoms with Gasteiger partial charge < -0.3 is 5.32 Å². The average Bonchev–Trinajstić information content (AvgIpc) is 2.25. The van der Waals surface area contributed by atoms with Gasteiger partial charge in [-0.25, -0.2) is 0 Å². The van der Waals surface area contributed by atoms with Crippen LogP contribution >= 0.6 is 0 Å². The van der Waals surface area contributed by atoms with Gasteiger partial charge in [-0.15, -0.1) is 0 Å². The van der Waals surface area contributed by atoms with Gasteiger partial charge in [-0.05, 0) is 44.7 Å². The van der Waals surface area contributed by atoms with Crippen molar-refractivity contribution in [3.8, 4) is 0 Å². The average molecular weight is 219 g/mol. The lowest BCUT2D eigenvalue weighted by Gasteiger charge is -2.26. The van der Waals surface area contributed by atoms with Crippen LogP contribution < -0.4 is 5.32 Å². The van der Waals surface area contributed by atoms with E-state index in [0.29, 0.717) is 11.8 Å². The Bertz CT molecular complexity index is 297. The van der Waals surface area contributed by atoms with Crippen LogP contribution in [0.5, 0.6) is 0 Å². The van der Waals surface area contributed by atoms with E-state index in [1.165, 1.54) is 5.56 Å². The van der Waals surface area contributed by atoms with Gasteiger partial charge in [0.05, 0.1) is 0 Å². The van der Waals surface area contributed by atoms with E-state index >= 15 is 0 Å². The molecule has 1 rings (SSSR count). The molecule has 1 heteroatoms. The summed E-state index contributed by atoms with van der Waals surface area (Å²) in [7, 11) is 0. The smallest absolute Gasteiger partial charge is 0.00966 e. The Labute approximate surface area is 100 Å². The van der Waals surface area contributed by atoms with Crippen LogP contribution in [0.1, 0.15) is 46.1 Å². The van der Waals surface area contributed by atoms with E-state index < -0.39 is 0 Å². The summed E-state index contributed by atoms with van der Waals surface area (Å²) in [6, 6.07) is 10.8. The minimum atomic E-state index is 0.213. The molecule has 0 spiro atoms. The maximum Gasteiger partial charge on any atom is 0.00966 e. The van der Waals surface area contributed by atoms with Crippen LogP contribution in [0.25, 0.3) is 0 Å². The van der Waals surface area contributed by atoms with Gasteiger partial charge in [0.15, 0.2) is 0 Å². The summed E-state index contributed by atoms with van der Waals surface area (Å²) in [4.78, 5) is 0. The zero-order chi connectivity index (χ0) is 12.2. The fourth-order valence-corrected chi connectivity index (χ4v) is 1.73. The first kappa shape index (κ1) is 13.2. The van der Waals surface area contributed by atoms with E-state index in [1.807, 2.05) is 0 Å². The Morgan fingerprint density at radius 3 is 2.12 bits per heavy atom. The molecule has 0 fully saturated rings. The minimum absolute atomic E-state index is 0.213. The van der Waals surface area contributed by atoms with Gasteiger partial charge in [-0.1, -0.05) is 44.2 Å². The Morgan fingerprint density at radius 1 is 1.06 bits per heavy atom. The quantitative estimate of drug-likeness (QED) is 0.812.